The summed E-state index contributed by atoms with van der Waals surface area (Å²) in [6.45, 7) is 8.98. The molecular weight excluding hydrogens is 722 g/mol. The quantitative estimate of drug-likeness (QED) is 0.344. The van der Waals surface area contributed by atoms with E-state index in [9.17, 15) is 32.0 Å². The van der Waals surface area contributed by atoms with Crippen LogP contribution in [0, 0.1) is 17.8 Å². The van der Waals surface area contributed by atoms with Gasteiger partial charge >= 0.3 is 6.09 Å². The number of ether oxygens (including phenoxy) is 3. The molecule has 3 heterocycles. The summed E-state index contributed by atoms with van der Waals surface area (Å²) in [4.78, 5) is 61.7. The van der Waals surface area contributed by atoms with Crippen molar-refractivity contribution >= 4 is 44.6 Å². The number of nitrogens with one attached hydrogen (secondary N) is 3. The number of hydrogen-bond donors (Lipinski definition) is 3. The van der Waals surface area contributed by atoms with Crippen molar-refractivity contribution in [2.75, 3.05) is 13.7 Å². The lowest BCUT2D eigenvalue weighted by atomic mass is 9.88. The molecular formula is C38H50FN5O9S. The average Bonchev–Trinajstić information content (AvgIpc) is 3.97. The Kier molecular flexibility index (Phi) is 10.6. The number of aromatic nitrogens is 1. The number of carbonyl (C=O) groups excluding carboxylic acids is 4. The van der Waals surface area contributed by atoms with Gasteiger partial charge in [-0.25, -0.2) is 27.3 Å². The number of alkyl carbamates (subject to hydrolysis) is 1. The number of carbonyl (C=O) groups is 4. The van der Waals surface area contributed by atoms with Crippen LogP contribution in [0.2, 0.25) is 0 Å². The summed E-state index contributed by atoms with van der Waals surface area (Å²) in [6, 6.07) is 4.91. The van der Waals surface area contributed by atoms with E-state index < -0.39 is 74.1 Å². The number of alkyl halides is 1. The molecule has 0 radical (unpaired) electrons. The summed E-state index contributed by atoms with van der Waals surface area (Å²) >= 11 is 0. The Morgan fingerprint density at radius 2 is 1.85 bits per heavy atom. The minimum absolute atomic E-state index is 0.0141. The maximum absolute atomic E-state index is 14.8. The number of amides is 4. The first kappa shape index (κ1) is 39.2. The SMILES string of the molecule is COc1ccc2c(O[C@@H]3C[C@H]4C(=O)N[C@]5(C(=O)NS(=O)(=O)C6(F)CC6)C[C@H]5/C=C\CC[C@@H](C)C[C@@H](C)[C@H](NC(=O)OC(C)(C)C)C(=O)N4C3)nccc2c1. The van der Waals surface area contributed by atoms with Crippen LogP contribution in [-0.4, -0.2) is 90.1 Å². The fourth-order valence-corrected chi connectivity index (χ4v) is 8.68. The zero-order chi connectivity index (χ0) is 39.2. The minimum atomic E-state index is -4.66. The first-order valence-electron chi connectivity index (χ1n) is 18.5. The molecule has 1 aromatic carbocycles. The second-order valence-electron chi connectivity index (χ2n) is 16.2. The van der Waals surface area contributed by atoms with Gasteiger partial charge in [-0.05, 0) is 87.9 Å². The predicted octanol–water partition coefficient (Wildman–Crippen LogP) is 4.28. The van der Waals surface area contributed by atoms with Crippen LogP contribution in [0.3, 0.4) is 0 Å². The maximum Gasteiger partial charge on any atom is 0.408 e. The van der Waals surface area contributed by atoms with Gasteiger partial charge in [0.15, 0.2) is 0 Å². The summed E-state index contributed by atoms with van der Waals surface area (Å²) in [5, 5.41) is 4.49. The highest BCUT2D eigenvalue weighted by Crippen LogP contribution is 2.48. The molecule has 1 saturated heterocycles. The van der Waals surface area contributed by atoms with E-state index in [0.717, 1.165) is 11.8 Å². The van der Waals surface area contributed by atoms with E-state index in [2.05, 4.69) is 15.6 Å². The lowest BCUT2D eigenvalue weighted by Gasteiger charge is -2.33. The Morgan fingerprint density at radius 3 is 2.54 bits per heavy atom. The van der Waals surface area contributed by atoms with E-state index >= 15 is 0 Å². The number of nitrogens with zero attached hydrogens (tertiary/aromatic N) is 2. The molecule has 6 rings (SSSR count). The highest BCUT2D eigenvalue weighted by molar-refractivity contribution is 7.91. The Labute approximate surface area is 315 Å². The van der Waals surface area contributed by atoms with E-state index in [-0.39, 0.29) is 49.9 Å². The smallest absolute Gasteiger partial charge is 0.408 e. The molecule has 4 aliphatic rings. The number of sulfonamides is 1. The molecule has 294 valence electrons. The molecule has 3 fully saturated rings. The number of rotatable bonds is 7. The van der Waals surface area contributed by atoms with Crippen LogP contribution in [-0.2, 0) is 29.1 Å². The molecule has 2 aliphatic heterocycles. The summed E-state index contributed by atoms with van der Waals surface area (Å²) in [6.07, 6.45) is 5.21. The van der Waals surface area contributed by atoms with Gasteiger partial charge in [0.25, 0.3) is 15.9 Å². The van der Waals surface area contributed by atoms with Gasteiger partial charge in [-0.2, -0.15) is 0 Å². The number of pyridine rings is 1. The molecule has 54 heavy (non-hydrogen) atoms. The van der Waals surface area contributed by atoms with Crippen LogP contribution in [0.15, 0.2) is 42.6 Å². The number of fused-ring (bicyclic) bond motifs is 3. The van der Waals surface area contributed by atoms with Crippen LogP contribution < -0.4 is 24.8 Å². The first-order valence-corrected chi connectivity index (χ1v) is 20.0. The van der Waals surface area contributed by atoms with Crippen molar-refractivity contribution in [1.29, 1.82) is 0 Å². The third kappa shape index (κ3) is 8.27. The molecule has 2 aliphatic carbocycles. The Hall–Kier alpha value is -4.47. The van der Waals surface area contributed by atoms with Crippen molar-refractivity contribution < 1.29 is 46.2 Å². The standard InChI is InChI=1S/C38H50FN5O9S/c1-22-9-7-8-10-25-20-38(25,34(47)43-54(49,50)37(39)14-15-37)42-31(45)29-19-27(52-32-28-12-11-26(51-6)18-24(28)13-16-40-32)21-44(29)33(46)30(23(2)17-22)41-35(48)53-36(3,4)5/h8,10-13,16,18,22-23,25,27,29-30H,7,9,14-15,17,19-21H2,1-6H3,(H,41,48)(H,42,45)(H,43,47)/b10-8-/t22-,23-,25-,27-,29+,30+,38-/m1/s1. The molecule has 2 saturated carbocycles. The Morgan fingerprint density at radius 1 is 1.11 bits per heavy atom. The lowest BCUT2D eigenvalue weighted by Crippen LogP contribution is -2.59. The number of halogens is 1. The van der Waals surface area contributed by atoms with Gasteiger partial charge in [-0.15, -0.1) is 0 Å². The number of methoxy groups -OCH3 is 1. The largest absolute Gasteiger partial charge is 0.497 e. The van der Waals surface area contributed by atoms with E-state index in [1.165, 1.54) is 4.90 Å². The van der Waals surface area contributed by atoms with Crippen LogP contribution in [0.5, 0.6) is 11.6 Å². The van der Waals surface area contributed by atoms with Crippen LogP contribution in [0.1, 0.15) is 79.6 Å². The summed E-state index contributed by atoms with van der Waals surface area (Å²) in [5.74, 6) is -2.22. The predicted molar refractivity (Wildman–Crippen MR) is 196 cm³/mol. The zero-order valence-corrected chi connectivity index (χ0v) is 32.3. The van der Waals surface area contributed by atoms with E-state index in [0.29, 0.717) is 24.0 Å². The normalized spacial score (nSPS) is 30.4. The Bertz CT molecular complexity index is 1950. The number of benzene rings is 1. The number of allylic oxidation sites excluding steroid dienone is 1. The molecule has 7 atom stereocenters. The monoisotopic (exact) mass is 771 g/mol. The lowest BCUT2D eigenvalue weighted by molar-refractivity contribution is -0.142. The van der Waals surface area contributed by atoms with Crippen LogP contribution in [0.4, 0.5) is 9.18 Å². The Balaban J connectivity index is 1.35. The van der Waals surface area contributed by atoms with Crippen molar-refractivity contribution in [2.45, 2.75) is 114 Å². The zero-order valence-electron chi connectivity index (χ0n) is 31.5. The molecule has 0 spiro atoms. The van der Waals surface area contributed by atoms with Gasteiger partial charge in [0, 0.05) is 36.8 Å². The molecule has 0 unspecified atom stereocenters. The van der Waals surface area contributed by atoms with Crippen molar-refractivity contribution in [1.82, 2.24) is 25.2 Å². The van der Waals surface area contributed by atoms with Gasteiger partial charge in [0.2, 0.25) is 22.7 Å². The molecule has 14 nitrogen and oxygen atoms in total. The highest BCUT2D eigenvalue weighted by atomic mass is 32.2. The van der Waals surface area contributed by atoms with Crippen molar-refractivity contribution in [3.8, 4) is 11.6 Å². The van der Waals surface area contributed by atoms with Gasteiger partial charge in [-0.3, -0.25) is 14.4 Å². The van der Waals surface area contributed by atoms with Gasteiger partial charge < -0.3 is 29.7 Å². The minimum Gasteiger partial charge on any atom is -0.497 e. The van der Waals surface area contributed by atoms with E-state index in [1.54, 1.807) is 58.4 Å². The highest BCUT2D eigenvalue weighted by Gasteiger charge is 2.64. The molecule has 0 bridgehead atoms. The first-order chi connectivity index (χ1) is 25.3. The summed E-state index contributed by atoms with van der Waals surface area (Å²) < 4.78 is 59.5. The second kappa shape index (κ2) is 14.6. The van der Waals surface area contributed by atoms with Crippen molar-refractivity contribution in [3.05, 3.63) is 42.6 Å². The fourth-order valence-electron chi connectivity index (χ4n) is 7.43. The molecule has 16 heteroatoms. The summed E-state index contributed by atoms with van der Waals surface area (Å²) in [5.41, 5.74) is -2.53. The van der Waals surface area contributed by atoms with Crippen molar-refractivity contribution in [3.63, 3.8) is 0 Å². The molecule has 2 aromatic rings. The van der Waals surface area contributed by atoms with Gasteiger partial charge in [-0.1, -0.05) is 26.0 Å². The average molecular weight is 772 g/mol. The van der Waals surface area contributed by atoms with Gasteiger partial charge in [0.1, 0.15) is 35.1 Å². The van der Waals surface area contributed by atoms with Crippen molar-refractivity contribution in [2.24, 2.45) is 17.8 Å². The molecule has 1 aromatic heterocycles. The van der Waals surface area contributed by atoms with Gasteiger partial charge in [0.05, 0.1) is 13.7 Å². The topological polar surface area (TPSA) is 182 Å². The van der Waals surface area contributed by atoms with Crippen LogP contribution in [0.25, 0.3) is 10.8 Å². The molecule has 3 N–H and O–H groups in total. The fraction of sp³-hybridized carbons (Fsp3) is 0.605. The maximum atomic E-state index is 14.8. The molecule has 4 amide bonds. The second-order valence-corrected chi connectivity index (χ2v) is 18.2. The third-order valence-corrected chi connectivity index (χ3v) is 12.5. The number of hydrogen-bond acceptors (Lipinski definition) is 10. The van der Waals surface area contributed by atoms with E-state index in [4.69, 9.17) is 14.2 Å². The van der Waals surface area contributed by atoms with Crippen LogP contribution >= 0.6 is 0 Å². The summed E-state index contributed by atoms with van der Waals surface area (Å²) in [7, 11) is -3.10. The third-order valence-electron chi connectivity index (χ3n) is 10.7. The van der Waals surface area contributed by atoms with E-state index in [1.807, 2.05) is 30.7 Å².